The first-order valence-electron chi connectivity index (χ1n) is 6.11. The van der Waals surface area contributed by atoms with E-state index in [9.17, 15) is 9.59 Å². The molecule has 4 nitrogen and oxygen atoms in total. The highest BCUT2D eigenvalue weighted by Crippen LogP contribution is 2.21. The minimum absolute atomic E-state index is 0.178. The molecule has 0 bridgehead atoms. The fraction of sp³-hybridized carbons (Fsp3) is 0.429. The van der Waals surface area contributed by atoms with Gasteiger partial charge in [-0.05, 0) is 49.9 Å². The van der Waals surface area contributed by atoms with Crippen molar-refractivity contribution in [3.8, 4) is 0 Å². The van der Waals surface area contributed by atoms with E-state index in [1.54, 1.807) is 6.07 Å². The van der Waals surface area contributed by atoms with Crippen molar-refractivity contribution < 1.29 is 14.7 Å². The van der Waals surface area contributed by atoms with Crippen molar-refractivity contribution in [3.05, 3.63) is 34.9 Å². The molecule has 0 saturated carbocycles. The lowest BCUT2D eigenvalue weighted by atomic mass is 10.1. The minimum Gasteiger partial charge on any atom is -0.480 e. The Labute approximate surface area is 106 Å². The smallest absolute Gasteiger partial charge is 0.326 e. The van der Waals surface area contributed by atoms with E-state index in [2.05, 4.69) is 0 Å². The molecule has 2 rings (SSSR count). The van der Waals surface area contributed by atoms with Crippen LogP contribution in [0.15, 0.2) is 18.2 Å². The average Bonchev–Trinajstić information content (AvgIpc) is 2.81. The Morgan fingerprint density at radius 2 is 2.00 bits per heavy atom. The van der Waals surface area contributed by atoms with Crippen LogP contribution in [-0.2, 0) is 4.79 Å². The van der Waals surface area contributed by atoms with Crippen molar-refractivity contribution in [2.24, 2.45) is 0 Å². The maximum Gasteiger partial charge on any atom is 0.326 e. The SMILES string of the molecule is Cc1ccc(C(=O)N2CCCC2C(=O)O)cc1C. The molecule has 1 atom stereocenters. The van der Waals surface area contributed by atoms with Gasteiger partial charge in [0.1, 0.15) is 6.04 Å². The Morgan fingerprint density at radius 1 is 1.28 bits per heavy atom. The quantitative estimate of drug-likeness (QED) is 0.869. The monoisotopic (exact) mass is 247 g/mol. The number of benzene rings is 1. The van der Waals surface area contributed by atoms with Gasteiger partial charge in [-0.15, -0.1) is 0 Å². The predicted molar refractivity (Wildman–Crippen MR) is 67.6 cm³/mol. The van der Waals surface area contributed by atoms with E-state index in [4.69, 9.17) is 5.11 Å². The number of aliphatic carboxylic acids is 1. The standard InChI is InChI=1S/C14H17NO3/c1-9-5-6-11(8-10(9)2)13(16)15-7-3-4-12(15)14(17)18/h5-6,8,12H,3-4,7H2,1-2H3,(H,17,18). The number of carbonyl (C=O) groups excluding carboxylic acids is 1. The largest absolute Gasteiger partial charge is 0.480 e. The zero-order valence-electron chi connectivity index (χ0n) is 10.6. The van der Waals surface area contributed by atoms with Gasteiger partial charge in [-0.2, -0.15) is 0 Å². The second-order valence-corrected chi connectivity index (χ2v) is 4.79. The maximum atomic E-state index is 12.3. The third-order valence-corrected chi connectivity index (χ3v) is 3.55. The summed E-state index contributed by atoms with van der Waals surface area (Å²) in [7, 11) is 0. The van der Waals surface area contributed by atoms with Gasteiger partial charge < -0.3 is 10.0 Å². The van der Waals surface area contributed by atoms with E-state index in [1.807, 2.05) is 26.0 Å². The molecule has 1 aliphatic heterocycles. The summed E-state index contributed by atoms with van der Waals surface area (Å²) in [6.07, 6.45) is 1.31. The van der Waals surface area contributed by atoms with Crippen LogP contribution in [0.2, 0.25) is 0 Å². The highest BCUT2D eigenvalue weighted by Gasteiger charge is 2.34. The van der Waals surface area contributed by atoms with Crippen molar-refractivity contribution in [2.45, 2.75) is 32.7 Å². The third kappa shape index (κ3) is 2.23. The molecule has 1 N–H and O–H groups in total. The van der Waals surface area contributed by atoms with Crippen molar-refractivity contribution in [2.75, 3.05) is 6.54 Å². The summed E-state index contributed by atoms with van der Waals surface area (Å²) in [5, 5.41) is 9.08. The Kier molecular flexibility index (Phi) is 3.36. The molecule has 1 heterocycles. The number of rotatable bonds is 2. The number of amides is 1. The lowest BCUT2D eigenvalue weighted by Crippen LogP contribution is -2.40. The van der Waals surface area contributed by atoms with Crippen LogP contribution < -0.4 is 0 Å². The molecular formula is C14H17NO3. The number of carbonyl (C=O) groups is 2. The summed E-state index contributed by atoms with van der Waals surface area (Å²) in [5.41, 5.74) is 2.75. The molecule has 1 fully saturated rings. The van der Waals surface area contributed by atoms with Crippen molar-refractivity contribution in [1.82, 2.24) is 4.90 Å². The molecule has 4 heteroatoms. The number of carboxylic acids is 1. The first kappa shape index (κ1) is 12.6. The van der Waals surface area contributed by atoms with Crippen molar-refractivity contribution in [3.63, 3.8) is 0 Å². The van der Waals surface area contributed by atoms with Crippen molar-refractivity contribution >= 4 is 11.9 Å². The van der Waals surface area contributed by atoms with Gasteiger partial charge in [-0.3, -0.25) is 4.79 Å². The van der Waals surface area contributed by atoms with E-state index in [-0.39, 0.29) is 5.91 Å². The second-order valence-electron chi connectivity index (χ2n) is 4.79. The van der Waals surface area contributed by atoms with Crippen LogP contribution in [0.25, 0.3) is 0 Å². The zero-order valence-corrected chi connectivity index (χ0v) is 10.6. The van der Waals surface area contributed by atoms with Gasteiger partial charge in [0.2, 0.25) is 0 Å². The summed E-state index contributed by atoms with van der Waals surface area (Å²) in [6, 6.07) is 4.82. The zero-order chi connectivity index (χ0) is 13.3. The van der Waals surface area contributed by atoms with Crippen LogP contribution in [-0.4, -0.2) is 34.5 Å². The van der Waals surface area contributed by atoms with E-state index in [0.717, 1.165) is 17.5 Å². The second kappa shape index (κ2) is 4.80. The summed E-state index contributed by atoms with van der Waals surface area (Å²) in [4.78, 5) is 24.8. The average molecular weight is 247 g/mol. The van der Waals surface area contributed by atoms with Gasteiger partial charge in [-0.1, -0.05) is 6.07 Å². The lowest BCUT2D eigenvalue weighted by molar-refractivity contribution is -0.141. The molecule has 0 aliphatic carbocycles. The Balaban J connectivity index is 2.25. The van der Waals surface area contributed by atoms with Crippen LogP contribution in [0.3, 0.4) is 0 Å². The lowest BCUT2D eigenvalue weighted by Gasteiger charge is -2.21. The van der Waals surface area contributed by atoms with Gasteiger partial charge in [-0.25, -0.2) is 4.79 Å². The predicted octanol–water partition coefficient (Wildman–Crippen LogP) is 1.99. The number of aryl methyl sites for hydroxylation is 2. The van der Waals surface area contributed by atoms with Crippen molar-refractivity contribution in [1.29, 1.82) is 0 Å². The van der Waals surface area contributed by atoms with E-state index < -0.39 is 12.0 Å². The number of hydrogen-bond donors (Lipinski definition) is 1. The molecule has 1 saturated heterocycles. The molecule has 1 aliphatic rings. The molecular weight excluding hydrogens is 230 g/mol. The van der Waals surface area contributed by atoms with Gasteiger partial charge in [0, 0.05) is 12.1 Å². The van der Waals surface area contributed by atoms with Gasteiger partial charge in [0.05, 0.1) is 0 Å². The number of hydrogen-bond acceptors (Lipinski definition) is 2. The van der Waals surface area contributed by atoms with Crippen LogP contribution in [0.1, 0.15) is 34.3 Å². The van der Waals surface area contributed by atoms with Crippen LogP contribution >= 0.6 is 0 Å². The first-order chi connectivity index (χ1) is 8.50. The highest BCUT2D eigenvalue weighted by atomic mass is 16.4. The maximum absolute atomic E-state index is 12.3. The molecule has 1 aromatic rings. The van der Waals surface area contributed by atoms with E-state index in [0.29, 0.717) is 18.5 Å². The Hall–Kier alpha value is -1.84. The molecule has 96 valence electrons. The van der Waals surface area contributed by atoms with Crippen LogP contribution in [0.4, 0.5) is 0 Å². The van der Waals surface area contributed by atoms with E-state index in [1.165, 1.54) is 4.90 Å². The molecule has 0 radical (unpaired) electrons. The topological polar surface area (TPSA) is 57.6 Å². The highest BCUT2D eigenvalue weighted by molar-refractivity contribution is 5.97. The number of likely N-dealkylation sites (tertiary alicyclic amines) is 1. The number of carboxylic acid groups (broad SMARTS) is 1. The molecule has 1 amide bonds. The van der Waals surface area contributed by atoms with Crippen LogP contribution in [0, 0.1) is 13.8 Å². The number of nitrogens with zero attached hydrogens (tertiary/aromatic N) is 1. The van der Waals surface area contributed by atoms with Gasteiger partial charge in [0.25, 0.3) is 5.91 Å². The summed E-state index contributed by atoms with van der Waals surface area (Å²) in [5.74, 6) is -1.09. The first-order valence-corrected chi connectivity index (χ1v) is 6.11. The molecule has 0 spiro atoms. The molecule has 18 heavy (non-hydrogen) atoms. The summed E-state index contributed by atoms with van der Waals surface area (Å²) in [6.45, 7) is 4.47. The normalized spacial score (nSPS) is 19.0. The van der Waals surface area contributed by atoms with Gasteiger partial charge >= 0.3 is 5.97 Å². The fourth-order valence-corrected chi connectivity index (χ4v) is 2.31. The molecule has 0 aromatic heterocycles. The molecule has 1 aromatic carbocycles. The third-order valence-electron chi connectivity index (χ3n) is 3.55. The summed E-state index contributed by atoms with van der Waals surface area (Å²) < 4.78 is 0. The molecule has 1 unspecified atom stereocenters. The van der Waals surface area contributed by atoms with Gasteiger partial charge in [0.15, 0.2) is 0 Å². The van der Waals surface area contributed by atoms with Crippen LogP contribution in [0.5, 0.6) is 0 Å². The Bertz CT molecular complexity index is 496. The van der Waals surface area contributed by atoms with E-state index >= 15 is 0 Å². The fourth-order valence-electron chi connectivity index (χ4n) is 2.31. The minimum atomic E-state index is -0.912. The Morgan fingerprint density at radius 3 is 2.61 bits per heavy atom. The summed E-state index contributed by atoms with van der Waals surface area (Å²) >= 11 is 0.